The zero-order chi connectivity index (χ0) is 15.7. The van der Waals surface area contributed by atoms with Crippen LogP contribution in [0, 0.1) is 0 Å². The Morgan fingerprint density at radius 1 is 1.33 bits per heavy atom. The lowest BCUT2D eigenvalue weighted by Gasteiger charge is -2.38. The molecule has 0 aromatic heterocycles. The zero-order valence-corrected chi connectivity index (χ0v) is 14.4. The molecule has 1 N–H and O–H groups in total. The normalized spacial score (nSPS) is 22.8. The van der Waals surface area contributed by atoms with Crippen molar-refractivity contribution in [2.24, 2.45) is 0 Å². The lowest BCUT2D eigenvalue weighted by atomic mass is 9.94. The molecule has 4 heteroatoms. The van der Waals surface area contributed by atoms with Crippen molar-refractivity contribution in [3.8, 4) is 0 Å². The monoisotopic (exact) mass is 298 g/mol. The molecule has 2 unspecified atom stereocenters. The van der Waals surface area contributed by atoms with Gasteiger partial charge in [0.2, 0.25) is 0 Å². The van der Waals surface area contributed by atoms with Crippen molar-refractivity contribution in [3.63, 3.8) is 0 Å². The Hall–Kier alpha value is -0.610. The number of carbonyl (C=O) groups excluding carboxylic acids is 1. The van der Waals surface area contributed by atoms with Gasteiger partial charge in [-0.25, -0.2) is 0 Å². The number of piperidine rings is 1. The highest BCUT2D eigenvalue weighted by atomic mass is 16.5. The van der Waals surface area contributed by atoms with Crippen LogP contribution in [0.15, 0.2) is 0 Å². The second-order valence-electron chi connectivity index (χ2n) is 6.32. The van der Waals surface area contributed by atoms with Crippen LogP contribution < -0.4 is 5.32 Å². The SMILES string of the molecule is CCCNC(C)(CCN1CCCCC1CC)C(=O)OCC. The van der Waals surface area contributed by atoms with Crippen LogP contribution in [-0.4, -0.2) is 48.7 Å². The van der Waals surface area contributed by atoms with E-state index in [0.717, 1.165) is 25.9 Å². The number of carbonyl (C=O) groups is 1. The Labute approximate surface area is 130 Å². The summed E-state index contributed by atoms with van der Waals surface area (Å²) in [6.45, 7) is 11.7. The first-order chi connectivity index (χ1) is 10.1. The maximum absolute atomic E-state index is 12.3. The van der Waals surface area contributed by atoms with Crippen molar-refractivity contribution in [3.05, 3.63) is 0 Å². The molecule has 1 rings (SSSR count). The van der Waals surface area contributed by atoms with Crippen LogP contribution in [0.25, 0.3) is 0 Å². The summed E-state index contributed by atoms with van der Waals surface area (Å²) in [5.74, 6) is -0.108. The molecule has 0 radical (unpaired) electrons. The van der Waals surface area contributed by atoms with Gasteiger partial charge in [0.05, 0.1) is 6.61 Å². The quantitative estimate of drug-likeness (QED) is 0.665. The van der Waals surface area contributed by atoms with E-state index in [1.165, 1.54) is 32.2 Å². The number of esters is 1. The van der Waals surface area contributed by atoms with E-state index >= 15 is 0 Å². The molecule has 4 nitrogen and oxygen atoms in total. The van der Waals surface area contributed by atoms with Crippen LogP contribution in [0.5, 0.6) is 0 Å². The fourth-order valence-electron chi connectivity index (χ4n) is 3.14. The highest BCUT2D eigenvalue weighted by Gasteiger charge is 2.35. The van der Waals surface area contributed by atoms with Gasteiger partial charge >= 0.3 is 5.97 Å². The number of nitrogens with zero attached hydrogens (tertiary/aromatic N) is 1. The van der Waals surface area contributed by atoms with E-state index in [0.29, 0.717) is 12.6 Å². The van der Waals surface area contributed by atoms with Crippen LogP contribution in [-0.2, 0) is 9.53 Å². The summed E-state index contributed by atoms with van der Waals surface area (Å²) < 4.78 is 5.28. The molecule has 1 saturated heterocycles. The molecular weight excluding hydrogens is 264 g/mol. The van der Waals surface area contributed by atoms with Crippen LogP contribution in [0.1, 0.15) is 66.2 Å². The second-order valence-corrected chi connectivity index (χ2v) is 6.32. The third-order valence-corrected chi connectivity index (χ3v) is 4.61. The van der Waals surface area contributed by atoms with Gasteiger partial charge in [0, 0.05) is 12.6 Å². The van der Waals surface area contributed by atoms with Crippen LogP contribution in [0.4, 0.5) is 0 Å². The predicted molar refractivity (Wildman–Crippen MR) is 87.5 cm³/mol. The molecule has 1 aliphatic rings. The standard InChI is InChI=1S/C17H34N2O2/c1-5-12-18-17(4,16(20)21-7-3)11-14-19-13-9-8-10-15(19)6-2/h15,18H,5-14H2,1-4H3. The van der Waals surface area contributed by atoms with Gasteiger partial charge in [-0.2, -0.15) is 0 Å². The number of likely N-dealkylation sites (tertiary alicyclic amines) is 1. The Balaban J connectivity index is 2.60. The summed E-state index contributed by atoms with van der Waals surface area (Å²) in [6, 6.07) is 0.691. The number of hydrogen-bond donors (Lipinski definition) is 1. The first kappa shape index (κ1) is 18.4. The molecule has 0 bridgehead atoms. The number of hydrogen-bond acceptors (Lipinski definition) is 4. The molecule has 0 spiro atoms. The van der Waals surface area contributed by atoms with Crippen molar-refractivity contribution < 1.29 is 9.53 Å². The minimum Gasteiger partial charge on any atom is -0.465 e. The zero-order valence-electron chi connectivity index (χ0n) is 14.4. The van der Waals surface area contributed by atoms with Crippen molar-refractivity contribution in [2.45, 2.75) is 77.8 Å². The van der Waals surface area contributed by atoms with Crippen LogP contribution >= 0.6 is 0 Å². The van der Waals surface area contributed by atoms with Gasteiger partial charge in [-0.15, -0.1) is 0 Å². The molecular formula is C17H34N2O2. The molecule has 124 valence electrons. The minimum absolute atomic E-state index is 0.108. The summed E-state index contributed by atoms with van der Waals surface area (Å²) in [5, 5.41) is 3.40. The minimum atomic E-state index is -0.554. The van der Waals surface area contributed by atoms with E-state index in [9.17, 15) is 4.79 Å². The molecule has 21 heavy (non-hydrogen) atoms. The number of ether oxygens (including phenoxy) is 1. The molecule has 1 heterocycles. The number of nitrogens with one attached hydrogen (secondary N) is 1. The van der Waals surface area contributed by atoms with Crippen LogP contribution in [0.3, 0.4) is 0 Å². The average molecular weight is 298 g/mol. The Morgan fingerprint density at radius 2 is 2.10 bits per heavy atom. The lowest BCUT2D eigenvalue weighted by molar-refractivity contribution is -0.151. The highest BCUT2D eigenvalue weighted by molar-refractivity contribution is 5.80. The first-order valence-corrected chi connectivity index (χ1v) is 8.73. The van der Waals surface area contributed by atoms with Crippen molar-refractivity contribution in [1.82, 2.24) is 10.2 Å². The predicted octanol–water partition coefficient (Wildman–Crippen LogP) is 2.96. The molecule has 0 aromatic carbocycles. The van der Waals surface area contributed by atoms with E-state index in [1.54, 1.807) is 0 Å². The van der Waals surface area contributed by atoms with Gasteiger partial charge in [0.15, 0.2) is 0 Å². The summed E-state index contributed by atoms with van der Waals surface area (Å²) >= 11 is 0. The maximum atomic E-state index is 12.3. The Morgan fingerprint density at radius 3 is 2.71 bits per heavy atom. The van der Waals surface area contributed by atoms with E-state index < -0.39 is 5.54 Å². The molecule has 1 fully saturated rings. The van der Waals surface area contributed by atoms with Gasteiger partial charge in [-0.1, -0.05) is 20.3 Å². The third kappa shape index (κ3) is 5.59. The van der Waals surface area contributed by atoms with Crippen molar-refractivity contribution >= 4 is 5.97 Å². The smallest absolute Gasteiger partial charge is 0.326 e. The van der Waals surface area contributed by atoms with Crippen molar-refractivity contribution in [1.29, 1.82) is 0 Å². The van der Waals surface area contributed by atoms with Gasteiger partial charge in [-0.3, -0.25) is 4.79 Å². The summed E-state index contributed by atoms with van der Waals surface area (Å²) in [4.78, 5) is 14.9. The van der Waals surface area contributed by atoms with E-state index in [4.69, 9.17) is 4.74 Å². The van der Waals surface area contributed by atoms with Crippen molar-refractivity contribution in [2.75, 3.05) is 26.2 Å². The van der Waals surface area contributed by atoms with Gasteiger partial charge in [0.25, 0.3) is 0 Å². The lowest BCUT2D eigenvalue weighted by Crippen LogP contribution is -2.53. The summed E-state index contributed by atoms with van der Waals surface area (Å²) in [7, 11) is 0. The number of rotatable bonds is 9. The Kier molecular flexibility index (Phi) is 8.27. The summed E-state index contributed by atoms with van der Waals surface area (Å²) in [5.41, 5.74) is -0.554. The van der Waals surface area contributed by atoms with E-state index in [1.807, 2.05) is 13.8 Å². The van der Waals surface area contributed by atoms with Crippen LogP contribution in [0.2, 0.25) is 0 Å². The fraction of sp³-hybridized carbons (Fsp3) is 0.941. The highest BCUT2D eigenvalue weighted by Crippen LogP contribution is 2.22. The van der Waals surface area contributed by atoms with E-state index in [-0.39, 0.29) is 5.97 Å². The first-order valence-electron chi connectivity index (χ1n) is 8.73. The van der Waals surface area contributed by atoms with Gasteiger partial charge in [-0.05, 0) is 59.0 Å². The molecule has 0 aromatic rings. The molecule has 0 saturated carbocycles. The topological polar surface area (TPSA) is 41.6 Å². The average Bonchev–Trinajstić information content (AvgIpc) is 2.51. The third-order valence-electron chi connectivity index (χ3n) is 4.61. The Bertz CT molecular complexity index is 309. The van der Waals surface area contributed by atoms with Gasteiger partial charge in [0.1, 0.15) is 5.54 Å². The fourth-order valence-corrected chi connectivity index (χ4v) is 3.14. The largest absolute Gasteiger partial charge is 0.465 e. The summed E-state index contributed by atoms with van der Waals surface area (Å²) in [6.07, 6.45) is 6.99. The molecule has 0 aliphatic carbocycles. The second kappa shape index (κ2) is 9.42. The molecule has 0 amide bonds. The molecule has 1 aliphatic heterocycles. The molecule has 2 atom stereocenters. The van der Waals surface area contributed by atoms with E-state index in [2.05, 4.69) is 24.1 Å². The maximum Gasteiger partial charge on any atom is 0.326 e. The van der Waals surface area contributed by atoms with Gasteiger partial charge < -0.3 is 15.0 Å².